The molecular weight excluding hydrogens is 262 g/mol. The Morgan fingerprint density at radius 2 is 1.94 bits per heavy atom. The van der Waals surface area contributed by atoms with Crippen LogP contribution >= 0.6 is 11.6 Å². The zero-order chi connectivity index (χ0) is 13.3. The number of aryl methyl sites for hydroxylation is 1. The molecule has 0 saturated carbocycles. The highest BCUT2D eigenvalue weighted by molar-refractivity contribution is 6.31. The summed E-state index contributed by atoms with van der Waals surface area (Å²) in [6, 6.07) is 5.00. The van der Waals surface area contributed by atoms with Crippen LogP contribution in [0.15, 0.2) is 28.7 Å². The Morgan fingerprint density at radius 1 is 1.28 bits per heavy atom. The Labute approximate surface area is 108 Å². The van der Waals surface area contributed by atoms with Crippen LogP contribution in [-0.2, 0) is 6.42 Å². The van der Waals surface area contributed by atoms with Gasteiger partial charge in [-0.05, 0) is 24.3 Å². The minimum absolute atomic E-state index is 0.0455. The minimum atomic E-state index is -1.21. The van der Waals surface area contributed by atoms with Crippen LogP contribution in [0, 0.1) is 11.6 Å². The van der Waals surface area contributed by atoms with E-state index in [9.17, 15) is 13.9 Å². The molecule has 0 bridgehead atoms. The van der Waals surface area contributed by atoms with E-state index in [1.807, 2.05) is 6.92 Å². The number of hydrogen-bond donors (Lipinski definition) is 1. The number of rotatable bonds is 3. The van der Waals surface area contributed by atoms with Gasteiger partial charge in [0.1, 0.15) is 17.6 Å². The molecule has 1 unspecified atom stereocenters. The van der Waals surface area contributed by atoms with Gasteiger partial charge in [0.2, 0.25) is 0 Å². The second-order valence-electron chi connectivity index (χ2n) is 3.85. The molecule has 0 radical (unpaired) electrons. The van der Waals surface area contributed by atoms with Crippen LogP contribution in [0.5, 0.6) is 0 Å². The summed E-state index contributed by atoms with van der Waals surface area (Å²) in [5, 5.41) is 9.98. The third-order valence-electron chi connectivity index (χ3n) is 2.63. The number of benzene rings is 1. The topological polar surface area (TPSA) is 33.4 Å². The lowest BCUT2D eigenvalue weighted by molar-refractivity contribution is 0.186. The Bertz CT molecular complexity index is 566. The first-order valence-electron chi connectivity index (χ1n) is 5.44. The minimum Gasteiger partial charge on any atom is -0.463 e. The first-order valence-corrected chi connectivity index (χ1v) is 5.81. The average Bonchev–Trinajstić information content (AvgIpc) is 2.81. The molecule has 1 heterocycles. The van der Waals surface area contributed by atoms with E-state index in [4.69, 9.17) is 16.0 Å². The molecule has 2 rings (SSSR count). The molecule has 0 aliphatic rings. The first kappa shape index (κ1) is 13.1. The summed E-state index contributed by atoms with van der Waals surface area (Å²) in [6.07, 6.45) is -0.536. The molecule has 1 aromatic carbocycles. The molecule has 0 saturated heterocycles. The second kappa shape index (κ2) is 5.08. The van der Waals surface area contributed by atoms with Gasteiger partial charge in [0.15, 0.2) is 11.6 Å². The Hall–Kier alpha value is -1.39. The van der Waals surface area contributed by atoms with E-state index in [1.54, 1.807) is 12.1 Å². The highest BCUT2D eigenvalue weighted by Gasteiger charge is 2.20. The summed E-state index contributed by atoms with van der Waals surface area (Å²) in [7, 11) is 0. The van der Waals surface area contributed by atoms with E-state index in [1.165, 1.54) is 0 Å². The summed E-state index contributed by atoms with van der Waals surface area (Å²) in [5.74, 6) is -1.16. The molecule has 0 fully saturated rings. The standard InChI is InChI=1S/C13H11ClF2O2/c1-2-7-3-4-12(18-7)13(17)8-5-10(15)11(16)6-9(8)14/h3-6,13,17H,2H2,1H3. The van der Waals surface area contributed by atoms with Gasteiger partial charge in [0.05, 0.1) is 0 Å². The smallest absolute Gasteiger partial charge is 0.160 e. The number of hydrogen-bond acceptors (Lipinski definition) is 2. The third-order valence-corrected chi connectivity index (χ3v) is 2.96. The van der Waals surface area contributed by atoms with Crippen molar-refractivity contribution in [1.29, 1.82) is 0 Å². The molecule has 96 valence electrons. The van der Waals surface area contributed by atoms with Gasteiger partial charge in [0, 0.05) is 17.0 Å². The highest BCUT2D eigenvalue weighted by atomic mass is 35.5. The van der Waals surface area contributed by atoms with Crippen LogP contribution in [0.25, 0.3) is 0 Å². The molecule has 1 N–H and O–H groups in total. The van der Waals surface area contributed by atoms with Gasteiger partial charge in [-0.15, -0.1) is 0 Å². The molecule has 18 heavy (non-hydrogen) atoms. The number of halogens is 3. The van der Waals surface area contributed by atoms with Crippen molar-refractivity contribution in [2.45, 2.75) is 19.4 Å². The van der Waals surface area contributed by atoms with Crippen LogP contribution in [-0.4, -0.2) is 5.11 Å². The molecule has 0 aliphatic heterocycles. The SMILES string of the molecule is CCc1ccc(C(O)c2cc(F)c(F)cc2Cl)o1. The lowest BCUT2D eigenvalue weighted by Crippen LogP contribution is -2.01. The maximum atomic E-state index is 13.1. The van der Waals surface area contributed by atoms with Crippen molar-refractivity contribution in [2.75, 3.05) is 0 Å². The Balaban J connectivity index is 2.39. The van der Waals surface area contributed by atoms with E-state index >= 15 is 0 Å². The lowest BCUT2D eigenvalue weighted by atomic mass is 10.1. The van der Waals surface area contributed by atoms with Crippen molar-refractivity contribution < 1.29 is 18.3 Å². The normalized spacial score (nSPS) is 12.7. The molecular formula is C13H11ClF2O2. The maximum absolute atomic E-state index is 13.1. The van der Waals surface area contributed by atoms with Crippen molar-refractivity contribution in [3.8, 4) is 0 Å². The molecule has 1 aromatic heterocycles. The fourth-order valence-corrected chi connectivity index (χ4v) is 1.89. The van der Waals surface area contributed by atoms with Gasteiger partial charge < -0.3 is 9.52 Å². The van der Waals surface area contributed by atoms with Gasteiger partial charge in [-0.2, -0.15) is 0 Å². The highest BCUT2D eigenvalue weighted by Crippen LogP contribution is 2.31. The van der Waals surface area contributed by atoms with E-state index in [0.717, 1.165) is 12.1 Å². The van der Waals surface area contributed by atoms with Crippen LogP contribution in [0.4, 0.5) is 8.78 Å². The lowest BCUT2D eigenvalue weighted by Gasteiger charge is -2.10. The monoisotopic (exact) mass is 272 g/mol. The van der Waals surface area contributed by atoms with Crippen molar-refractivity contribution in [3.05, 3.63) is 58.0 Å². The Morgan fingerprint density at radius 3 is 2.56 bits per heavy atom. The number of aliphatic hydroxyl groups excluding tert-OH is 1. The maximum Gasteiger partial charge on any atom is 0.160 e. The summed E-state index contributed by atoms with van der Waals surface area (Å²) < 4.78 is 31.4. The van der Waals surface area contributed by atoms with E-state index < -0.39 is 17.7 Å². The molecule has 5 heteroatoms. The van der Waals surface area contributed by atoms with Crippen molar-refractivity contribution in [1.82, 2.24) is 0 Å². The van der Waals surface area contributed by atoms with Gasteiger partial charge >= 0.3 is 0 Å². The summed E-state index contributed by atoms with van der Waals surface area (Å²) in [4.78, 5) is 0. The molecule has 1 atom stereocenters. The zero-order valence-electron chi connectivity index (χ0n) is 9.58. The largest absolute Gasteiger partial charge is 0.463 e. The van der Waals surface area contributed by atoms with E-state index in [-0.39, 0.29) is 16.3 Å². The molecule has 0 aliphatic carbocycles. The Kier molecular flexibility index (Phi) is 3.68. The van der Waals surface area contributed by atoms with Crippen molar-refractivity contribution in [3.63, 3.8) is 0 Å². The number of aliphatic hydroxyl groups is 1. The van der Waals surface area contributed by atoms with Gasteiger partial charge in [0.25, 0.3) is 0 Å². The quantitative estimate of drug-likeness (QED) is 0.861. The molecule has 2 aromatic rings. The fraction of sp³-hybridized carbons (Fsp3) is 0.231. The molecule has 2 nitrogen and oxygen atoms in total. The average molecular weight is 273 g/mol. The summed E-state index contributed by atoms with van der Waals surface area (Å²) in [6.45, 7) is 1.90. The van der Waals surface area contributed by atoms with E-state index in [2.05, 4.69) is 0 Å². The van der Waals surface area contributed by atoms with Crippen LogP contribution in [0.3, 0.4) is 0 Å². The summed E-state index contributed by atoms with van der Waals surface area (Å²) in [5.41, 5.74) is 0.0765. The van der Waals surface area contributed by atoms with Crippen LogP contribution < -0.4 is 0 Å². The number of furan rings is 1. The van der Waals surface area contributed by atoms with Gasteiger partial charge in [-0.3, -0.25) is 0 Å². The first-order chi connectivity index (χ1) is 8.52. The van der Waals surface area contributed by atoms with Crippen LogP contribution in [0.1, 0.15) is 30.1 Å². The predicted molar refractivity (Wildman–Crippen MR) is 63.5 cm³/mol. The molecule has 0 spiro atoms. The van der Waals surface area contributed by atoms with Crippen molar-refractivity contribution >= 4 is 11.6 Å². The molecule has 0 amide bonds. The van der Waals surface area contributed by atoms with E-state index in [0.29, 0.717) is 12.2 Å². The second-order valence-corrected chi connectivity index (χ2v) is 4.26. The van der Waals surface area contributed by atoms with Gasteiger partial charge in [-0.1, -0.05) is 18.5 Å². The van der Waals surface area contributed by atoms with Gasteiger partial charge in [-0.25, -0.2) is 8.78 Å². The third kappa shape index (κ3) is 2.40. The van der Waals surface area contributed by atoms with Crippen molar-refractivity contribution in [2.24, 2.45) is 0 Å². The zero-order valence-corrected chi connectivity index (χ0v) is 10.3. The predicted octanol–water partition coefficient (Wildman–Crippen LogP) is 3.86. The fourth-order valence-electron chi connectivity index (χ4n) is 1.63. The van der Waals surface area contributed by atoms with Crippen LogP contribution in [0.2, 0.25) is 5.02 Å². The summed E-state index contributed by atoms with van der Waals surface area (Å²) >= 11 is 5.78.